The fraction of sp³-hybridized carbons (Fsp3) is 0.333. The van der Waals surface area contributed by atoms with Gasteiger partial charge in [-0.2, -0.15) is 10.4 Å². The van der Waals surface area contributed by atoms with Gasteiger partial charge in [0.2, 0.25) is 5.91 Å². The average molecular weight is 415 g/mol. The first-order valence-corrected chi connectivity index (χ1v) is 10.5. The molecule has 1 saturated heterocycles. The lowest BCUT2D eigenvalue weighted by Crippen LogP contribution is -2.41. The number of nitriles is 1. The van der Waals surface area contributed by atoms with Crippen molar-refractivity contribution in [2.75, 3.05) is 18.4 Å². The van der Waals surface area contributed by atoms with Crippen molar-refractivity contribution in [1.82, 2.24) is 14.7 Å². The monoisotopic (exact) mass is 415 g/mol. The number of carbonyl (C=O) groups is 2. The second-order valence-electron chi connectivity index (χ2n) is 8.17. The van der Waals surface area contributed by atoms with Gasteiger partial charge in [-0.1, -0.05) is 12.1 Å². The molecular formula is C24H25N5O2. The predicted molar refractivity (Wildman–Crippen MR) is 119 cm³/mol. The molecule has 7 nitrogen and oxygen atoms in total. The Hall–Kier alpha value is -3.66. The molecule has 3 aromatic rings. The third kappa shape index (κ3) is 4.15. The molecule has 0 unspecified atom stereocenters. The van der Waals surface area contributed by atoms with Gasteiger partial charge in [-0.3, -0.25) is 14.3 Å². The number of benzene rings is 2. The van der Waals surface area contributed by atoms with Gasteiger partial charge in [-0.15, -0.1) is 0 Å². The van der Waals surface area contributed by atoms with Crippen LogP contribution < -0.4 is 5.32 Å². The summed E-state index contributed by atoms with van der Waals surface area (Å²) in [6, 6.07) is 15.0. The molecule has 1 aliphatic heterocycles. The number of fused-ring (bicyclic) bond motifs is 1. The number of piperidine rings is 1. The molecule has 31 heavy (non-hydrogen) atoms. The molecule has 0 atom stereocenters. The van der Waals surface area contributed by atoms with E-state index in [1.807, 2.05) is 29.1 Å². The van der Waals surface area contributed by atoms with Crippen LogP contribution in [0.4, 0.5) is 5.69 Å². The molecule has 0 spiro atoms. The highest BCUT2D eigenvalue weighted by molar-refractivity contribution is 5.97. The first kappa shape index (κ1) is 20.6. The molecule has 1 aliphatic rings. The number of rotatable bonds is 4. The molecule has 1 aromatic heterocycles. The Morgan fingerprint density at radius 2 is 1.90 bits per heavy atom. The fourth-order valence-corrected chi connectivity index (χ4v) is 4.07. The molecule has 0 saturated carbocycles. The van der Waals surface area contributed by atoms with Crippen molar-refractivity contribution in [2.45, 2.75) is 32.7 Å². The van der Waals surface area contributed by atoms with Crippen molar-refractivity contribution in [3.63, 3.8) is 0 Å². The standard InChI is InChI=1S/C24H25N5O2/c1-16(2)29-22-8-7-20(13-19(22)15-26-29)27-23(30)17-9-11-28(12-10-17)24(31)21-6-4-3-5-18(21)14-25/h3-8,13,15-17H,9-12H2,1-2H3,(H,27,30). The van der Waals surface area contributed by atoms with Gasteiger partial charge in [-0.25, -0.2) is 0 Å². The van der Waals surface area contributed by atoms with Crippen molar-refractivity contribution in [2.24, 2.45) is 5.92 Å². The number of nitrogens with zero attached hydrogens (tertiary/aromatic N) is 4. The molecular weight excluding hydrogens is 390 g/mol. The quantitative estimate of drug-likeness (QED) is 0.698. The molecule has 2 amide bonds. The summed E-state index contributed by atoms with van der Waals surface area (Å²) in [5, 5.41) is 17.7. The summed E-state index contributed by atoms with van der Waals surface area (Å²) in [5.41, 5.74) is 2.59. The zero-order valence-corrected chi connectivity index (χ0v) is 17.7. The molecule has 4 rings (SSSR count). The number of anilines is 1. The lowest BCUT2D eigenvalue weighted by molar-refractivity contribution is -0.121. The summed E-state index contributed by atoms with van der Waals surface area (Å²) >= 11 is 0. The van der Waals surface area contributed by atoms with E-state index in [9.17, 15) is 14.9 Å². The zero-order valence-electron chi connectivity index (χ0n) is 17.7. The Balaban J connectivity index is 1.38. The first-order chi connectivity index (χ1) is 15.0. The smallest absolute Gasteiger partial charge is 0.255 e. The Bertz CT molecular complexity index is 1170. The van der Waals surface area contributed by atoms with E-state index in [4.69, 9.17) is 0 Å². The van der Waals surface area contributed by atoms with Gasteiger partial charge in [0, 0.05) is 36.1 Å². The van der Waals surface area contributed by atoms with Crippen LogP contribution in [0, 0.1) is 17.2 Å². The van der Waals surface area contributed by atoms with E-state index in [1.165, 1.54) is 0 Å². The number of likely N-dealkylation sites (tertiary alicyclic amines) is 1. The van der Waals surface area contributed by atoms with Gasteiger partial charge in [0.05, 0.1) is 28.9 Å². The van der Waals surface area contributed by atoms with Crippen LogP contribution in [0.5, 0.6) is 0 Å². The minimum absolute atomic E-state index is 0.0277. The topological polar surface area (TPSA) is 91.0 Å². The Kier molecular flexibility index (Phi) is 5.72. The zero-order chi connectivity index (χ0) is 22.0. The maximum Gasteiger partial charge on any atom is 0.255 e. The minimum Gasteiger partial charge on any atom is -0.339 e. The van der Waals surface area contributed by atoms with E-state index < -0.39 is 0 Å². The van der Waals surface area contributed by atoms with Crippen LogP contribution in [0.15, 0.2) is 48.7 Å². The summed E-state index contributed by atoms with van der Waals surface area (Å²) in [6.45, 7) is 5.16. The van der Waals surface area contributed by atoms with Gasteiger partial charge >= 0.3 is 0 Å². The minimum atomic E-state index is -0.149. The van der Waals surface area contributed by atoms with Crippen LogP contribution in [-0.2, 0) is 4.79 Å². The molecule has 7 heteroatoms. The molecule has 2 heterocycles. The van der Waals surface area contributed by atoms with Crippen molar-refractivity contribution >= 4 is 28.4 Å². The van der Waals surface area contributed by atoms with Crippen LogP contribution in [-0.4, -0.2) is 39.6 Å². The predicted octanol–water partition coefficient (Wildman–Crippen LogP) is 3.98. The number of hydrogen-bond donors (Lipinski definition) is 1. The second kappa shape index (κ2) is 8.60. The SMILES string of the molecule is CC(C)n1ncc2cc(NC(=O)C3CCN(C(=O)c4ccccc4C#N)CC3)ccc21. The number of aromatic nitrogens is 2. The molecule has 2 aromatic carbocycles. The molecule has 0 aliphatic carbocycles. The van der Waals surface area contributed by atoms with Crippen molar-refractivity contribution < 1.29 is 9.59 Å². The Morgan fingerprint density at radius 1 is 1.16 bits per heavy atom. The number of hydrogen-bond acceptors (Lipinski definition) is 4. The lowest BCUT2D eigenvalue weighted by Gasteiger charge is -2.31. The number of amides is 2. The van der Waals surface area contributed by atoms with E-state index in [0.717, 1.165) is 16.6 Å². The van der Waals surface area contributed by atoms with E-state index in [2.05, 4.69) is 30.3 Å². The van der Waals surface area contributed by atoms with E-state index in [0.29, 0.717) is 37.1 Å². The van der Waals surface area contributed by atoms with Gasteiger partial charge in [0.25, 0.3) is 5.91 Å². The summed E-state index contributed by atoms with van der Waals surface area (Å²) in [7, 11) is 0. The third-order valence-corrected chi connectivity index (χ3v) is 5.78. The summed E-state index contributed by atoms with van der Waals surface area (Å²) < 4.78 is 1.96. The molecule has 0 radical (unpaired) electrons. The van der Waals surface area contributed by atoms with Gasteiger partial charge in [-0.05, 0) is 57.0 Å². The highest BCUT2D eigenvalue weighted by Gasteiger charge is 2.28. The van der Waals surface area contributed by atoms with Gasteiger partial charge in [0.15, 0.2) is 0 Å². The van der Waals surface area contributed by atoms with Crippen LogP contribution in [0.3, 0.4) is 0 Å². The molecule has 158 valence electrons. The molecule has 1 N–H and O–H groups in total. The fourth-order valence-electron chi connectivity index (χ4n) is 4.07. The van der Waals surface area contributed by atoms with Crippen LogP contribution in [0.25, 0.3) is 10.9 Å². The van der Waals surface area contributed by atoms with Crippen LogP contribution in [0.1, 0.15) is 48.7 Å². The second-order valence-corrected chi connectivity index (χ2v) is 8.17. The first-order valence-electron chi connectivity index (χ1n) is 10.5. The van der Waals surface area contributed by atoms with Crippen molar-refractivity contribution in [3.05, 3.63) is 59.8 Å². The Labute approximate surface area is 181 Å². The Morgan fingerprint density at radius 3 is 2.61 bits per heavy atom. The lowest BCUT2D eigenvalue weighted by atomic mass is 9.95. The maximum absolute atomic E-state index is 12.8. The van der Waals surface area contributed by atoms with Gasteiger partial charge < -0.3 is 10.2 Å². The molecule has 0 bridgehead atoms. The van der Waals surface area contributed by atoms with Crippen LogP contribution in [0.2, 0.25) is 0 Å². The van der Waals surface area contributed by atoms with Crippen LogP contribution >= 0.6 is 0 Å². The normalized spacial score (nSPS) is 14.6. The summed E-state index contributed by atoms with van der Waals surface area (Å²) in [5.74, 6) is -0.326. The third-order valence-electron chi connectivity index (χ3n) is 5.78. The van der Waals surface area contributed by atoms with E-state index in [1.54, 1.807) is 29.2 Å². The molecule has 1 fully saturated rings. The van der Waals surface area contributed by atoms with Gasteiger partial charge in [0.1, 0.15) is 0 Å². The number of nitrogens with one attached hydrogen (secondary N) is 1. The van der Waals surface area contributed by atoms with Crippen molar-refractivity contribution in [3.8, 4) is 6.07 Å². The van der Waals surface area contributed by atoms with Crippen molar-refractivity contribution in [1.29, 1.82) is 5.26 Å². The highest BCUT2D eigenvalue weighted by Crippen LogP contribution is 2.25. The summed E-state index contributed by atoms with van der Waals surface area (Å²) in [6.07, 6.45) is 3.01. The average Bonchev–Trinajstić information content (AvgIpc) is 3.22. The van der Waals surface area contributed by atoms with E-state index >= 15 is 0 Å². The summed E-state index contributed by atoms with van der Waals surface area (Å²) in [4.78, 5) is 27.3. The highest BCUT2D eigenvalue weighted by atomic mass is 16.2. The maximum atomic E-state index is 12.8. The largest absolute Gasteiger partial charge is 0.339 e. The van der Waals surface area contributed by atoms with E-state index in [-0.39, 0.29) is 23.8 Å². The number of carbonyl (C=O) groups excluding carboxylic acids is 2.